The van der Waals surface area contributed by atoms with Gasteiger partial charge in [0.15, 0.2) is 11.6 Å². The standard InChI is InChI=1S/C14H13ClFNO/c1-9-5-6-13(11(15)7-9)18-14-10(8-17)3-2-4-12(14)16/h2-7H,8,17H2,1H3. The monoisotopic (exact) mass is 265 g/mol. The minimum atomic E-state index is -0.449. The molecule has 2 N–H and O–H groups in total. The maximum Gasteiger partial charge on any atom is 0.167 e. The van der Waals surface area contributed by atoms with Gasteiger partial charge in [0.25, 0.3) is 0 Å². The smallest absolute Gasteiger partial charge is 0.167 e. The summed E-state index contributed by atoms with van der Waals surface area (Å²) in [6, 6.07) is 9.98. The zero-order valence-electron chi connectivity index (χ0n) is 9.91. The first-order chi connectivity index (χ1) is 8.61. The van der Waals surface area contributed by atoms with Gasteiger partial charge in [0.1, 0.15) is 5.75 Å². The molecule has 2 aromatic carbocycles. The van der Waals surface area contributed by atoms with Crippen LogP contribution in [0.5, 0.6) is 11.5 Å². The van der Waals surface area contributed by atoms with Gasteiger partial charge in [0.2, 0.25) is 0 Å². The third-order valence-corrected chi connectivity index (χ3v) is 2.86. The van der Waals surface area contributed by atoms with Gasteiger partial charge in [-0.05, 0) is 30.7 Å². The van der Waals surface area contributed by atoms with Gasteiger partial charge in [-0.15, -0.1) is 0 Å². The van der Waals surface area contributed by atoms with Crippen molar-refractivity contribution in [3.63, 3.8) is 0 Å². The Balaban J connectivity index is 2.39. The van der Waals surface area contributed by atoms with Gasteiger partial charge in [-0.3, -0.25) is 0 Å². The second-order valence-electron chi connectivity index (χ2n) is 3.97. The molecule has 0 heterocycles. The van der Waals surface area contributed by atoms with Crippen LogP contribution >= 0.6 is 11.6 Å². The molecule has 2 aromatic rings. The number of benzene rings is 2. The molecule has 0 aliphatic heterocycles. The van der Waals surface area contributed by atoms with Crippen molar-refractivity contribution in [3.05, 3.63) is 58.4 Å². The minimum absolute atomic E-state index is 0.130. The molecule has 0 atom stereocenters. The molecule has 2 rings (SSSR count). The molecule has 94 valence electrons. The number of para-hydroxylation sites is 1. The summed E-state index contributed by atoms with van der Waals surface area (Å²) in [6.45, 7) is 2.13. The molecule has 2 nitrogen and oxygen atoms in total. The molecular weight excluding hydrogens is 253 g/mol. The molecule has 0 radical (unpaired) electrons. The molecule has 0 unspecified atom stereocenters. The van der Waals surface area contributed by atoms with Crippen molar-refractivity contribution in [1.29, 1.82) is 0 Å². The largest absolute Gasteiger partial charge is 0.452 e. The Hall–Kier alpha value is -1.58. The molecule has 0 saturated heterocycles. The Bertz CT molecular complexity index is 572. The van der Waals surface area contributed by atoms with Gasteiger partial charge in [-0.2, -0.15) is 0 Å². The van der Waals surface area contributed by atoms with Crippen LogP contribution < -0.4 is 10.5 Å². The number of hydrogen-bond acceptors (Lipinski definition) is 2. The summed E-state index contributed by atoms with van der Waals surface area (Å²) in [6.07, 6.45) is 0. The Morgan fingerprint density at radius 1 is 1.28 bits per heavy atom. The summed E-state index contributed by atoms with van der Waals surface area (Å²) in [7, 11) is 0. The molecular formula is C14H13ClFNO. The Labute approximate surface area is 110 Å². The third-order valence-electron chi connectivity index (χ3n) is 2.57. The van der Waals surface area contributed by atoms with Gasteiger partial charge >= 0.3 is 0 Å². The summed E-state index contributed by atoms with van der Waals surface area (Å²) in [5.74, 6) is 0.0995. The summed E-state index contributed by atoms with van der Waals surface area (Å²) >= 11 is 6.05. The number of ether oxygens (including phenoxy) is 1. The predicted octanol–water partition coefficient (Wildman–Crippen LogP) is 4.04. The first-order valence-corrected chi connectivity index (χ1v) is 5.91. The lowest BCUT2D eigenvalue weighted by molar-refractivity contribution is 0.436. The zero-order chi connectivity index (χ0) is 13.1. The first-order valence-electron chi connectivity index (χ1n) is 5.53. The van der Waals surface area contributed by atoms with Crippen LogP contribution in [0.1, 0.15) is 11.1 Å². The summed E-state index contributed by atoms with van der Waals surface area (Å²) < 4.78 is 19.2. The number of hydrogen-bond donors (Lipinski definition) is 1. The second kappa shape index (κ2) is 5.38. The van der Waals surface area contributed by atoms with E-state index < -0.39 is 5.82 Å². The molecule has 4 heteroatoms. The lowest BCUT2D eigenvalue weighted by Crippen LogP contribution is -2.01. The van der Waals surface area contributed by atoms with Gasteiger partial charge in [0, 0.05) is 12.1 Å². The van der Waals surface area contributed by atoms with Crippen molar-refractivity contribution in [1.82, 2.24) is 0 Å². The lowest BCUT2D eigenvalue weighted by Gasteiger charge is -2.12. The SMILES string of the molecule is Cc1ccc(Oc2c(F)cccc2CN)c(Cl)c1. The Morgan fingerprint density at radius 3 is 2.72 bits per heavy atom. The molecule has 0 amide bonds. The van der Waals surface area contributed by atoms with Crippen LogP contribution in [0, 0.1) is 12.7 Å². The highest BCUT2D eigenvalue weighted by atomic mass is 35.5. The molecule has 0 fully saturated rings. The Kier molecular flexibility index (Phi) is 3.84. The topological polar surface area (TPSA) is 35.2 Å². The van der Waals surface area contributed by atoms with Gasteiger partial charge < -0.3 is 10.5 Å². The van der Waals surface area contributed by atoms with Crippen LogP contribution in [0.3, 0.4) is 0 Å². The molecule has 0 aliphatic rings. The van der Waals surface area contributed by atoms with Crippen molar-refractivity contribution in [2.75, 3.05) is 0 Å². The van der Waals surface area contributed by atoms with Crippen LogP contribution in [-0.4, -0.2) is 0 Å². The van der Waals surface area contributed by atoms with E-state index in [9.17, 15) is 4.39 Å². The van der Waals surface area contributed by atoms with Crippen LogP contribution in [0.15, 0.2) is 36.4 Å². The quantitative estimate of drug-likeness (QED) is 0.909. The molecule has 0 aromatic heterocycles. The molecule has 0 spiro atoms. The Morgan fingerprint density at radius 2 is 2.06 bits per heavy atom. The van der Waals surface area contributed by atoms with E-state index in [0.29, 0.717) is 16.3 Å². The van der Waals surface area contributed by atoms with Crippen molar-refractivity contribution < 1.29 is 9.13 Å². The lowest BCUT2D eigenvalue weighted by atomic mass is 10.2. The van der Waals surface area contributed by atoms with E-state index in [2.05, 4.69) is 0 Å². The van der Waals surface area contributed by atoms with Crippen molar-refractivity contribution in [2.45, 2.75) is 13.5 Å². The maximum absolute atomic E-state index is 13.7. The highest BCUT2D eigenvalue weighted by molar-refractivity contribution is 6.32. The number of nitrogens with two attached hydrogens (primary N) is 1. The molecule has 0 saturated carbocycles. The van der Waals surface area contributed by atoms with Gasteiger partial charge in [-0.1, -0.05) is 29.8 Å². The fourth-order valence-corrected chi connectivity index (χ4v) is 1.90. The average Bonchev–Trinajstić information content (AvgIpc) is 2.34. The van der Waals surface area contributed by atoms with Crippen molar-refractivity contribution in [2.24, 2.45) is 5.73 Å². The molecule has 18 heavy (non-hydrogen) atoms. The average molecular weight is 266 g/mol. The van der Waals surface area contributed by atoms with E-state index in [1.165, 1.54) is 6.07 Å². The number of aryl methyl sites for hydroxylation is 1. The van der Waals surface area contributed by atoms with E-state index in [-0.39, 0.29) is 12.3 Å². The van der Waals surface area contributed by atoms with Crippen molar-refractivity contribution >= 4 is 11.6 Å². The van der Waals surface area contributed by atoms with Crippen molar-refractivity contribution in [3.8, 4) is 11.5 Å². The van der Waals surface area contributed by atoms with E-state index in [1.807, 2.05) is 13.0 Å². The highest BCUT2D eigenvalue weighted by Crippen LogP contribution is 2.33. The van der Waals surface area contributed by atoms with Gasteiger partial charge in [0.05, 0.1) is 5.02 Å². The second-order valence-corrected chi connectivity index (χ2v) is 4.38. The van der Waals surface area contributed by atoms with Crippen LogP contribution in [0.4, 0.5) is 4.39 Å². The van der Waals surface area contributed by atoms with Gasteiger partial charge in [-0.25, -0.2) is 4.39 Å². The fourth-order valence-electron chi connectivity index (χ4n) is 1.63. The van der Waals surface area contributed by atoms with Crippen LogP contribution in [0.2, 0.25) is 5.02 Å². The first kappa shape index (κ1) is 12.9. The number of rotatable bonds is 3. The summed E-state index contributed by atoms with van der Waals surface area (Å²) in [5.41, 5.74) is 7.17. The van der Waals surface area contributed by atoms with E-state index in [0.717, 1.165) is 5.56 Å². The molecule has 0 bridgehead atoms. The predicted molar refractivity (Wildman–Crippen MR) is 70.6 cm³/mol. The van der Waals surface area contributed by atoms with Crippen LogP contribution in [0.25, 0.3) is 0 Å². The third kappa shape index (κ3) is 2.63. The molecule has 0 aliphatic carbocycles. The van der Waals surface area contributed by atoms with E-state index in [4.69, 9.17) is 22.1 Å². The zero-order valence-corrected chi connectivity index (χ0v) is 10.7. The van der Waals surface area contributed by atoms with Crippen LogP contribution in [-0.2, 0) is 6.54 Å². The highest BCUT2D eigenvalue weighted by Gasteiger charge is 2.11. The van der Waals surface area contributed by atoms with E-state index in [1.54, 1.807) is 24.3 Å². The van der Waals surface area contributed by atoms with E-state index >= 15 is 0 Å². The fraction of sp³-hybridized carbons (Fsp3) is 0.143. The normalized spacial score (nSPS) is 10.4. The summed E-state index contributed by atoms with van der Waals surface area (Å²) in [5, 5.41) is 0.446. The summed E-state index contributed by atoms with van der Waals surface area (Å²) in [4.78, 5) is 0. The number of halogens is 2. The minimum Gasteiger partial charge on any atom is -0.452 e. The maximum atomic E-state index is 13.7.